The summed E-state index contributed by atoms with van der Waals surface area (Å²) in [6, 6.07) is 0. The molecule has 1 atom stereocenters. The van der Waals surface area contributed by atoms with E-state index in [0.717, 1.165) is 12.5 Å². The number of allylic oxidation sites excluding steroid dienone is 1. The highest BCUT2D eigenvalue weighted by Gasteiger charge is 2.10. The Morgan fingerprint density at radius 1 is 1.29 bits per heavy atom. The summed E-state index contributed by atoms with van der Waals surface area (Å²) in [7, 11) is 0. The molecule has 0 aromatic carbocycles. The van der Waals surface area contributed by atoms with E-state index in [1.165, 1.54) is 37.7 Å². The van der Waals surface area contributed by atoms with E-state index in [4.69, 9.17) is 5.73 Å². The first-order valence-electron chi connectivity index (χ1n) is 5.98. The van der Waals surface area contributed by atoms with Crippen LogP contribution in [0.1, 0.15) is 52.9 Å². The minimum Gasteiger partial charge on any atom is -0.330 e. The molecule has 0 bridgehead atoms. The maximum Gasteiger partial charge on any atom is -0.00464 e. The molecule has 0 saturated heterocycles. The lowest BCUT2D eigenvalue weighted by molar-refractivity contribution is 0.359. The average Bonchev–Trinajstić information content (AvgIpc) is 2.12. The summed E-state index contributed by atoms with van der Waals surface area (Å²) in [6.45, 7) is 11.6. The zero-order valence-corrected chi connectivity index (χ0v) is 10.2. The maximum absolute atomic E-state index is 5.73. The predicted molar refractivity (Wildman–Crippen MR) is 65.3 cm³/mol. The number of hydrogen-bond acceptors (Lipinski definition) is 1. The molecule has 14 heavy (non-hydrogen) atoms. The molecule has 0 radical (unpaired) electrons. The first-order valence-corrected chi connectivity index (χ1v) is 5.98. The van der Waals surface area contributed by atoms with Gasteiger partial charge >= 0.3 is 0 Å². The van der Waals surface area contributed by atoms with Crippen LogP contribution in [-0.4, -0.2) is 6.54 Å². The molecule has 84 valence electrons. The van der Waals surface area contributed by atoms with E-state index in [9.17, 15) is 0 Å². The average molecular weight is 197 g/mol. The number of hydrogen-bond donors (Lipinski definition) is 1. The van der Waals surface area contributed by atoms with Gasteiger partial charge in [-0.05, 0) is 44.1 Å². The number of nitrogens with two attached hydrogens (primary N) is 1. The highest BCUT2D eigenvalue weighted by molar-refractivity contribution is 4.93. The third-order valence-electron chi connectivity index (χ3n) is 2.95. The smallest absolute Gasteiger partial charge is 0.00464 e. The molecule has 0 aromatic heterocycles. The Morgan fingerprint density at radius 2 is 1.93 bits per heavy atom. The Hall–Kier alpha value is -0.300. The van der Waals surface area contributed by atoms with Gasteiger partial charge in [-0.1, -0.05) is 39.3 Å². The van der Waals surface area contributed by atoms with Crippen LogP contribution in [0, 0.1) is 11.8 Å². The Morgan fingerprint density at radius 3 is 2.36 bits per heavy atom. The summed E-state index contributed by atoms with van der Waals surface area (Å²) in [6.07, 6.45) is 6.13. The quantitative estimate of drug-likeness (QED) is 0.589. The van der Waals surface area contributed by atoms with Crippen molar-refractivity contribution in [2.45, 2.75) is 52.9 Å². The Labute approximate surface area is 89.8 Å². The van der Waals surface area contributed by atoms with Gasteiger partial charge in [0.1, 0.15) is 0 Å². The molecule has 0 heterocycles. The highest BCUT2D eigenvalue weighted by Crippen LogP contribution is 2.19. The van der Waals surface area contributed by atoms with Crippen molar-refractivity contribution in [1.82, 2.24) is 0 Å². The Bertz CT molecular complexity index is 149. The third kappa shape index (κ3) is 6.20. The van der Waals surface area contributed by atoms with Gasteiger partial charge in [0, 0.05) is 0 Å². The molecule has 0 aliphatic heterocycles. The van der Waals surface area contributed by atoms with Crippen molar-refractivity contribution >= 4 is 0 Å². The van der Waals surface area contributed by atoms with Gasteiger partial charge in [0.25, 0.3) is 0 Å². The van der Waals surface area contributed by atoms with Crippen LogP contribution >= 0.6 is 0 Å². The van der Waals surface area contributed by atoms with Gasteiger partial charge in [-0.2, -0.15) is 0 Å². The summed E-state index contributed by atoms with van der Waals surface area (Å²) in [4.78, 5) is 0. The molecule has 0 spiro atoms. The Kier molecular flexibility index (Phi) is 7.87. The lowest BCUT2D eigenvalue weighted by Crippen LogP contribution is -2.19. The van der Waals surface area contributed by atoms with Gasteiger partial charge in [-0.25, -0.2) is 0 Å². The fourth-order valence-corrected chi connectivity index (χ4v) is 1.82. The van der Waals surface area contributed by atoms with E-state index in [2.05, 4.69) is 27.4 Å². The topological polar surface area (TPSA) is 26.0 Å². The van der Waals surface area contributed by atoms with Crippen molar-refractivity contribution in [3.05, 3.63) is 12.2 Å². The van der Waals surface area contributed by atoms with E-state index in [1.54, 1.807) is 0 Å². The molecule has 1 unspecified atom stereocenters. The second kappa shape index (κ2) is 8.05. The van der Waals surface area contributed by atoms with Crippen molar-refractivity contribution in [3.63, 3.8) is 0 Å². The first kappa shape index (κ1) is 13.7. The van der Waals surface area contributed by atoms with E-state index in [0.29, 0.717) is 5.92 Å². The molecule has 0 aliphatic rings. The highest BCUT2D eigenvalue weighted by atomic mass is 14.5. The third-order valence-corrected chi connectivity index (χ3v) is 2.95. The molecule has 0 fully saturated rings. The van der Waals surface area contributed by atoms with Crippen LogP contribution in [0.15, 0.2) is 12.2 Å². The molecule has 0 saturated carbocycles. The summed E-state index contributed by atoms with van der Waals surface area (Å²) in [5.74, 6) is 1.42. The molecule has 1 nitrogen and oxygen atoms in total. The summed E-state index contributed by atoms with van der Waals surface area (Å²) in [5.41, 5.74) is 7.14. The maximum atomic E-state index is 5.73. The summed E-state index contributed by atoms with van der Waals surface area (Å²) in [5, 5.41) is 0. The molecule has 0 aliphatic carbocycles. The van der Waals surface area contributed by atoms with Crippen LogP contribution < -0.4 is 5.73 Å². The van der Waals surface area contributed by atoms with Crippen LogP contribution in [0.5, 0.6) is 0 Å². The van der Waals surface area contributed by atoms with Gasteiger partial charge in [0.15, 0.2) is 0 Å². The van der Waals surface area contributed by atoms with E-state index in [-0.39, 0.29) is 0 Å². The number of rotatable bonds is 8. The fraction of sp³-hybridized carbons (Fsp3) is 0.846. The molecular formula is C13H27N. The lowest BCUT2D eigenvalue weighted by Gasteiger charge is -2.18. The van der Waals surface area contributed by atoms with Crippen LogP contribution in [0.2, 0.25) is 0 Å². The van der Waals surface area contributed by atoms with Gasteiger partial charge in [-0.3, -0.25) is 0 Å². The SMILES string of the molecule is C=C(CCC)CCCC(CN)C(C)C. The summed E-state index contributed by atoms with van der Waals surface area (Å²) >= 11 is 0. The molecule has 1 heteroatoms. The molecular weight excluding hydrogens is 170 g/mol. The first-order chi connectivity index (χ1) is 6.61. The van der Waals surface area contributed by atoms with Crippen molar-refractivity contribution in [3.8, 4) is 0 Å². The van der Waals surface area contributed by atoms with Crippen LogP contribution in [0.3, 0.4) is 0 Å². The fourth-order valence-electron chi connectivity index (χ4n) is 1.82. The lowest BCUT2D eigenvalue weighted by atomic mass is 9.90. The molecule has 0 rings (SSSR count). The Balaban J connectivity index is 3.56. The minimum atomic E-state index is 0.699. The normalized spacial score (nSPS) is 13.2. The van der Waals surface area contributed by atoms with Gasteiger partial charge in [-0.15, -0.1) is 0 Å². The van der Waals surface area contributed by atoms with Crippen molar-refractivity contribution in [1.29, 1.82) is 0 Å². The van der Waals surface area contributed by atoms with Crippen LogP contribution in [-0.2, 0) is 0 Å². The van der Waals surface area contributed by atoms with Gasteiger partial charge in [0.05, 0.1) is 0 Å². The second-order valence-corrected chi connectivity index (χ2v) is 4.63. The van der Waals surface area contributed by atoms with Crippen molar-refractivity contribution in [2.24, 2.45) is 17.6 Å². The minimum absolute atomic E-state index is 0.699. The van der Waals surface area contributed by atoms with E-state index < -0.39 is 0 Å². The second-order valence-electron chi connectivity index (χ2n) is 4.63. The molecule has 0 amide bonds. The predicted octanol–water partition coefficient (Wildman–Crippen LogP) is 3.74. The molecule has 2 N–H and O–H groups in total. The largest absolute Gasteiger partial charge is 0.330 e. The van der Waals surface area contributed by atoms with Crippen molar-refractivity contribution < 1.29 is 0 Å². The van der Waals surface area contributed by atoms with E-state index >= 15 is 0 Å². The van der Waals surface area contributed by atoms with E-state index in [1.807, 2.05) is 0 Å². The van der Waals surface area contributed by atoms with Crippen LogP contribution in [0.25, 0.3) is 0 Å². The molecule has 0 aromatic rings. The standard InChI is InChI=1S/C13H27N/c1-5-7-12(4)8-6-9-13(10-14)11(2)3/h11,13H,4-10,14H2,1-3H3. The zero-order valence-electron chi connectivity index (χ0n) is 10.2. The van der Waals surface area contributed by atoms with Crippen LogP contribution in [0.4, 0.5) is 0 Å². The summed E-state index contributed by atoms with van der Waals surface area (Å²) < 4.78 is 0. The van der Waals surface area contributed by atoms with Gasteiger partial charge < -0.3 is 5.73 Å². The monoisotopic (exact) mass is 197 g/mol. The van der Waals surface area contributed by atoms with Gasteiger partial charge in [0.2, 0.25) is 0 Å². The van der Waals surface area contributed by atoms with Crippen molar-refractivity contribution in [2.75, 3.05) is 6.54 Å². The zero-order chi connectivity index (χ0) is 11.0.